The van der Waals surface area contributed by atoms with Crippen LogP contribution in [0.3, 0.4) is 0 Å². The van der Waals surface area contributed by atoms with Gasteiger partial charge in [0.25, 0.3) is 0 Å². The molecule has 1 amide bonds. The summed E-state index contributed by atoms with van der Waals surface area (Å²) >= 11 is 0. The fourth-order valence-corrected chi connectivity index (χ4v) is 1.24. The molecule has 0 aliphatic rings. The summed E-state index contributed by atoms with van der Waals surface area (Å²) in [7, 11) is 0. The van der Waals surface area contributed by atoms with Crippen LogP contribution in [0.15, 0.2) is 0 Å². The summed E-state index contributed by atoms with van der Waals surface area (Å²) in [5, 5.41) is 2.25. The molecule has 0 bridgehead atoms. The summed E-state index contributed by atoms with van der Waals surface area (Å²) < 4.78 is 36.0. The lowest BCUT2D eigenvalue weighted by Gasteiger charge is -2.19. The lowest BCUT2D eigenvalue weighted by atomic mass is 9.98. The first-order chi connectivity index (χ1) is 7.13. The van der Waals surface area contributed by atoms with Gasteiger partial charge in [-0.15, -0.1) is 0 Å². The van der Waals surface area contributed by atoms with E-state index >= 15 is 0 Å². The smallest absolute Gasteiger partial charge is 0.347 e. The lowest BCUT2D eigenvalue weighted by Crippen LogP contribution is -2.42. The molecule has 0 aromatic heterocycles. The van der Waals surface area contributed by atoms with Gasteiger partial charge in [0.1, 0.15) is 0 Å². The van der Waals surface area contributed by atoms with Crippen LogP contribution >= 0.6 is 0 Å². The Morgan fingerprint density at radius 3 is 2.06 bits per heavy atom. The maximum Gasteiger partial charge on any atom is 0.389 e. The molecule has 0 rings (SSSR count). The van der Waals surface area contributed by atoms with E-state index in [9.17, 15) is 22.8 Å². The summed E-state index contributed by atoms with van der Waals surface area (Å²) in [5.74, 6) is -1.27. The molecule has 0 fully saturated rings. The summed E-state index contributed by atoms with van der Waals surface area (Å²) in [6.45, 7) is 4.35. The van der Waals surface area contributed by atoms with E-state index in [1.807, 2.05) is 0 Å². The number of halogens is 3. The van der Waals surface area contributed by atoms with Crippen molar-refractivity contribution in [3.63, 3.8) is 0 Å². The number of amides is 1. The molecule has 0 spiro atoms. The van der Waals surface area contributed by atoms with E-state index in [-0.39, 0.29) is 5.78 Å². The van der Waals surface area contributed by atoms with Crippen molar-refractivity contribution >= 4 is 11.7 Å². The Balaban J connectivity index is 4.44. The number of carbonyl (C=O) groups is 2. The van der Waals surface area contributed by atoms with E-state index in [0.717, 1.165) is 0 Å². The molecule has 0 aliphatic carbocycles. The second kappa shape index (κ2) is 5.86. The monoisotopic (exact) mass is 239 g/mol. The molecule has 1 N–H and O–H groups in total. The number of nitrogens with one attached hydrogen (secondary N) is 1. The summed E-state index contributed by atoms with van der Waals surface area (Å²) in [4.78, 5) is 22.3. The molecule has 0 aliphatic heterocycles. The van der Waals surface area contributed by atoms with E-state index in [2.05, 4.69) is 5.32 Å². The average Bonchev–Trinajstić information content (AvgIpc) is 2.08. The van der Waals surface area contributed by atoms with Gasteiger partial charge in [-0.25, -0.2) is 0 Å². The maximum atomic E-state index is 12.0. The van der Waals surface area contributed by atoms with Crippen molar-refractivity contribution in [1.29, 1.82) is 0 Å². The standard InChI is InChI=1S/C10H16F3NO2/c1-6(2)9(16)8(14-7(3)15)4-5-10(11,12)13/h6,8H,4-5H2,1-3H3,(H,14,15). The van der Waals surface area contributed by atoms with Crippen molar-refractivity contribution in [3.05, 3.63) is 0 Å². The fraction of sp³-hybridized carbons (Fsp3) is 0.800. The van der Waals surface area contributed by atoms with E-state index < -0.39 is 36.9 Å². The third kappa shape index (κ3) is 6.42. The van der Waals surface area contributed by atoms with Crippen LogP contribution in [-0.2, 0) is 9.59 Å². The number of carbonyl (C=O) groups excluding carboxylic acids is 2. The fourth-order valence-electron chi connectivity index (χ4n) is 1.24. The second-order valence-electron chi connectivity index (χ2n) is 3.96. The number of rotatable bonds is 5. The molecule has 0 heterocycles. The average molecular weight is 239 g/mol. The number of ketones is 1. The van der Waals surface area contributed by atoms with E-state index in [4.69, 9.17) is 0 Å². The van der Waals surface area contributed by atoms with Crippen LogP contribution in [0.25, 0.3) is 0 Å². The molecule has 94 valence electrons. The maximum absolute atomic E-state index is 12.0. The van der Waals surface area contributed by atoms with Crippen molar-refractivity contribution in [2.24, 2.45) is 5.92 Å². The number of hydrogen-bond acceptors (Lipinski definition) is 2. The first kappa shape index (κ1) is 14.9. The highest BCUT2D eigenvalue weighted by atomic mass is 19.4. The quantitative estimate of drug-likeness (QED) is 0.798. The van der Waals surface area contributed by atoms with Gasteiger partial charge in [-0.05, 0) is 6.42 Å². The number of Topliss-reactive ketones (excluding diaryl/α,β-unsaturated/α-hetero) is 1. The van der Waals surface area contributed by atoms with Crippen molar-refractivity contribution < 1.29 is 22.8 Å². The second-order valence-corrected chi connectivity index (χ2v) is 3.96. The van der Waals surface area contributed by atoms with E-state index in [0.29, 0.717) is 0 Å². The van der Waals surface area contributed by atoms with Crippen LogP contribution in [-0.4, -0.2) is 23.9 Å². The molecule has 0 saturated heterocycles. The Bertz CT molecular complexity index is 261. The number of alkyl halides is 3. The Morgan fingerprint density at radius 2 is 1.75 bits per heavy atom. The molecule has 0 aromatic rings. The van der Waals surface area contributed by atoms with Crippen LogP contribution in [0, 0.1) is 5.92 Å². The molecule has 1 unspecified atom stereocenters. The zero-order valence-corrected chi connectivity index (χ0v) is 9.52. The minimum atomic E-state index is -4.31. The third-order valence-electron chi connectivity index (χ3n) is 2.01. The molecule has 0 saturated carbocycles. The van der Waals surface area contributed by atoms with E-state index in [1.165, 1.54) is 6.92 Å². The lowest BCUT2D eigenvalue weighted by molar-refractivity contribution is -0.141. The summed E-state index contributed by atoms with van der Waals surface area (Å²) in [5.41, 5.74) is 0. The highest BCUT2D eigenvalue weighted by molar-refractivity contribution is 5.89. The van der Waals surface area contributed by atoms with Gasteiger partial charge in [-0.1, -0.05) is 13.8 Å². The van der Waals surface area contributed by atoms with Crippen LogP contribution in [0.2, 0.25) is 0 Å². The van der Waals surface area contributed by atoms with Gasteiger partial charge in [0.2, 0.25) is 5.91 Å². The normalized spacial score (nSPS) is 13.7. The zero-order valence-electron chi connectivity index (χ0n) is 9.52. The van der Waals surface area contributed by atoms with Gasteiger partial charge in [0, 0.05) is 19.3 Å². The first-order valence-electron chi connectivity index (χ1n) is 5.01. The molecule has 1 atom stereocenters. The van der Waals surface area contributed by atoms with Gasteiger partial charge in [-0.2, -0.15) is 13.2 Å². The molecular weight excluding hydrogens is 223 g/mol. The van der Waals surface area contributed by atoms with Crippen LogP contribution in [0.5, 0.6) is 0 Å². The van der Waals surface area contributed by atoms with Crippen LogP contribution in [0.1, 0.15) is 33.6 Å². The van der Waals surface area contributed by atoms with Gasteiger partial charge >= 0.3 is 6.18 Å². The minimum Gasteiger partial charge on any atom is -0.347 e. The zero-order chi connectivity index (χ0) is 12.9. The Hall–Kier alpha value is -1.07. The third-order valence-corrected chi connectivity index (χ3v) is 2.01. The largest absolute Gasteiger partial charge is 0.389 e. The van der Waals surface area contributed by atoms with Crippen molar-refractivity contribution in [2.45, 2.75) is 45.8 Å². The van der Waals surface area contributed by atoms with Gasteiger partial charge in [-0.3, -0.25) is 9.59 Å². The highest BCUT2D eigenvalue weighted by Crippen LogP contribution is 2.23. The van der Waals surface area contributed by atoms with Crippen molar-refractivity contribution in [1.82, 2.24) is 5.32 Å². The van der Waals surface area contributed by atoms with Gasteiger partial charge in [0.05, 0.1) is 6.04 Å². The molecular formula is C10H16F3NO2. The Morgan fingerprint density at radius 1 is 1.25 bits per heavy atom. The Labute approximate surface area is 92.4 Å². The van der Waals surface area contributed by atoms with E-state index in [1.54, 1.807) is 13.8 Å². The molecule has 16 heavy (non-hydrogen) atoms. The SMILES string of the molecule is CC(=O)NC(CCC(F)(F)F)C(=O)C(C)C. The molecule has 6 heteroatoms. The van der Waals surface area contributed by atoms with Crippen molar-refractivity contribution in [3.8, 4) is 0 Å². The predicted octanol–water partition coefficient (Wildman–Crippen LogP) is 2.06. The molecule has 0 aromatic carbocycles. The van der Waals surface area contributed by atoms with Gasteiger partial charge in [0.15, 0.2) is 5.78 Å². The molecule has 0 radical (unpaired) electrons. The van der Waals surface area contributed by atoms with Crippen LogP contribution in [0.4, 0.5) is 13.2 Å². The predicted molar refractivity (Wildman–Crippen MR) is 52.7 cm³/mol. The topological polar surface area (TPSA) is 46.2 Å². The first-order valence-corrected chi connectivity index (χ1v) is 5.01. The van der Waals surface area contributed by atoms with Crippen molar-refractivity contribution in [2.75, 3.05) is 0 Å². The van der Waals surface area contributed by atoms with Gasteiger partial charge < -0.3 is 5.32 Å². The minimum absolute atomic E-state index is 0.376. The number of hydrogen-bond donors (Lipinski definition) is 1. The Kier molecular flexibility index (Phi) is 5.47. The molecule has 3 nitrogen and oxygen atoms in total. The summed E-state index contributed by atoms with van der Waals surface area (Å²) in [6.07, 6.45) is -5.79. The summed E-state index contributed by atoms with van der Waals surface area (Å²) in [6, 6.07) is -1.04. The van der Waals surface area contributed by atoms with Crippen LogP contribution < -0.4 is 5.32 Å². The highest BCUT2D eigenvalue weighted by Gasteiger charge is 2.31.